The van der Waals surface area contributed by atoms with Crippen molar-refractivity contribution in [3.05, 3.63) is 57.7 Å². The standard InChI is InChI=1S/C21H22F5NO2/c1-5-29-16(28)9-15(27)18-19(22)12(4)8-14(20(18)23)17-10(2)6-13(7-11(17)3)21(24,25)26/h6-8,15H,5,9,27H2,1-4H3. The number of esters is 1. The molecule has 2 aromatic rings. The minimum Gasteiger partial charge on any atom is -0.466 e. The number of carbonyl (C=O) groups excluding carboxylic acids is 1. The van der Waals surface area contributed by atoms with Crippen LogP contribution in [-0.2, 0) is 15.7 Å². The van der Waals surface area contributed by atoms with Gasteiger partial charge in [0.05, 0.1) is 18.6 Å². The zero-order valence-electron chi connectivity index (χ0n) is 16.5. The maximum Gasteiger partial charge on any atom is 0.416 e. The number of carbonyl (C=O) groups is 1. The van der Waals surface area contributed by atoms with Crippen molar-refractivity contribution in [3.63, 3.8) is 0 Å². The molecule has 8 heteroatoms. The SMILES string of the molecule is CCOC(=O)CC(N)c1c(F)c(C)cc(-c2c(C)cc(C(F)(F)F)cc2C)c1F. The lowest BCUT2D eigenvalue weighted by Crippen LogP contribution is -2.21. The maximum absolute atomic E-state index is 15.3. The van der Waals surface area contributed by atoms with Gasteiger partial charge in [-0.25, -0.2) is 8.78 Å². The highest BCUT2D eigenvalue weighted by molar-refractivity contribution is 5.74. The summed E-state index contributed by atoms with van der Waals surface area (Å²) >= 11 is 0. The fourth-order valence-electron chi connectivity index (χ4n) is 3.36. The second kappa shape index (κ2) is 8.49. The Kier molecular flexibility index (Phi) is 6.67. The van der Waals surface area contributed by atoms with Crippen LogP contribution in [0.1, 0.15) is 47.2 Å². The van der Waals surface area contributed by atoms with Gasteiger partial charge in [0.1, 0.15) is 11.6 Å². The van der Waals surface area contributed by atoms with Crippen molar-refractivity contribution in [2.75, 3.05) is 6.61 Å². The van der Waals surface area contributed by atoms with Gasteiger partial charge in [-0.15, -0.1) is 0 Å². The second-order valence-corrected chi connectivity index (χ2v) is 6.88. The number of halogens is 5. The van der Waals surface area contributed by atoms with Crippen molar-refractivity contribution < 1.29 is 31.5 Å². The zero-order valence-corrected chi connectivity index (χ0v) is 16.5. The van der Waals surface area contributed by atoms with Crippen LogP contribution in [0, 0.1) is 32.4 Å². The molecule has 0 aliphatic carbocycles. The molecule has 0 saturated carbocycles. The lowest BCUT2D eigenvalue weighted by atomic mass is 9.89. The van der Waals surface area contributed by atoms with E-state index in [1.54, 1.807) is 6.92 Å². The van der Waals surface area contributed by atoms with Crippen LogP contribution < -0.4 is 5.73 Å². The van der Waals surface area contributed by atoms with Crippen LogP contribution in [0.2, 0.25) is 0 Å². The molecular formula is C21H22F5NO2. The first kappa shape index (κ1) is 22.8. The van der Waals surface area contributed by atoms with Gasteiger partial charge >= 0.3 is 12.1 Å². The third-order valence-electron chi connectivity index (χ3n) is 4.61. The van der Waals surface area contributed by atoms with Crippen LogP contribution in [0.4, 0.5) is 22.0 Å². The molecule has 3 nitrogen and oxygen atoms in total. The molecule has 0 aliphatic heterocycles. The summed E-state index contributed by atoms with van der Waals surface area (Å²) in [7, 11) is 0. The number of ether oxygens (including phenoxy) is 1. The third-order valence-corrected chi connectivity index (χ3v) is 4.61. The number of hydrogen-bond donors (Lipinski definition) is 1. The molecule has 1 unspecified atom stereocenters. The number of rotatable bonds is 5. The van der Waals surface area contributed by atoms with Crippen molar-refractivity contribution in [1.29, 1.82) is 0 Å². The van der Waals surface area contributed by atoms with Crippen LogP contribution in [0.3, 0.4) is 0 Å². The molecule has 0 saturated heterocycles. The number of benzene rings is 2. The summed E-state index contributed by atoms with van der Waals surface area (Å²) in [4.78, 5) is 11.7. The minimum absolute atomic E-state index is 0.0643. The van der Waals surface area contributed by atoms with Crippen LogP contribution in [0.5, 0.6) is 0 Å². The molecule has 158 valence electrons. The Hall–Kier alpha value is -2.48. The summed E-state index contributed by atoms with van der Waals surface area (Å²) < 4.78 is 73.8. The average Bonchev–Trinajstić information content (AvgIpc) is 2.58. The molecule has 0 bridgehead atoms. The molecule has 0 aromatic heterocycles. The lowest BCUT2D eigenvalue weighted by Gasteiger charge is -2.20. The average molecular weight is 415 g/mol. The van der Waals surface area contributed by atoms with Gasteiger partial charge in [0.25, 0.3) is 0 Å². The van der Waals surface area contributed by atoms with E-state index in [1.807, 2.05) is 0 Å². The van der Waals surface area contributed by atoms with Crippen LogP contribution in [0.25, 0.3) is 11.1 Å². The highest BCUT2D eigenvalue weighted by Gasteiger charge is 2.32. The van der Waals surface area contributed by atoms with Gasteiger partial charge in [-0.2, -0.15) is 13.2 Å². The molecule has 2 aromatic carbocycles. The number of nitrogens with two attached hydrogens (primary N) is 1. The van der Waals surface area contributed by atoms with Gasteiger partial charge in [0.15, 0.2) is 0 Å². The summed E-state index contributed by atoms with van der Waals surface area (Å²) in [5.74, 6) is -2.61. The highest BCUT2D eigenvalue weighted by Crippen LogP contribution is 2.39. The van der Waals surface area contributed by atoms with E-state index in [1.165, 1.54) is 26.8 Å². The second-order valence-electron chi connectivity index (χ2n) is 6.88. The topological polar surface area (TPSA) is 52.3 Å². The van der Waals surface area contributed by atoms with Crippen molar-refractivity contribution in [1.82, 2.24) is 0 Å². The predicted molar refractivity (Wildman–Crippen MR) is 99.2 cm³/mol. The van der Waals surface area contributed by atoms with E-state index in [9.17, 15) is 22.4 Å². The van der Waals surface area contributed by atoms with Crippen molar-refractivity contribution in [2.45, 2.75) is 46.3 Å². The van der Waals surface area contributed by atoms with E-state index in [4.69, 9.17) is 10.5 Å². The van der Waals surface area contributed by atoms with Crippen molar-refractivity contribution >= 4 is 5.97 Å². The van der Waals surface area contributed by atoms with Crippen LogP contribution >= 0.6 is 0 Å². The molecule has 0 spiro atoms. The summed E-state index contributed by atoms with van der Waals surface area (Å²) in [6, 6.07) is 1.76. The Morgan fingerprint density at radius 2 is 1.59 bits per heavy atom. The van der Waals surface area contributed by atoms with Gasteiger partial charge in [-0.3, -0.25) is 4.79 Å². The molecular weight excluding hydrogens is 393 g/mol. The quantitative estimate of drug-likeness (QED) is 0.516. The van der Waals surface area contributed by atoms with Gasteiger partial charge in [-0.05, 0) is 68.1 Å². The normalized spacial score (nSPS) is 12.8. The molecule has 2 rings (SSSR count). The minimum atomic E-state index is -4.54. The lowest BCUT2D eigenvalue weighted by molar-refractivity contribution is -0.143. The first-order chi connectivity index (χ1) is 13.4. The fraction of sp³-hybridized carbons (Fsp3) is 0.381. The Bertz CT molecular complexity index is 915. The van der Waals surface area contributed by atoms with E-state index in [2.05, 4.69) is 0 Å². The summed E-state index contributed by atoms with van der Waals surface area (Å²) in [6.07, 6.45) is -4.98. The third kappa shape index (κ3) is 4.75. The smallest absolute Gasteiger partial charge is 0.416 e. The monoisotopic (exact) mass is 415 g/mol. The first-order valence-electron chi connectivity index (χ1n) is 8.96. The van der Waals surface area contributed by atoms with E-state index in [0.29, 0.717) is 0 Å². The summed E-state index contributed by atoms with van der Waals surface area (Å²) in [5.41, 5.74) is 5.12. The predicted octanol–water partition coefficient (Wildman–Crippen LogP) is 5.53. The van der Waals surface area contributed by atoms with Crippen molar-refractivity contribution in [3.8, 4) is 11.1 Å². The molecule has 0 amide bonds. The fourth-order valence-corrected chi connectivity index (χ4v) is 3.36. The zero-order chi connectivity index (χ0) is 22.1. The first-order valence-corrected chi connectivity index (χ1v) is 8.96. The van der Waals surface area contributed by atoms with Gasteiger partial charge < -0.3 is 10.5 Å². The number of alkyl halides is 3. The van der Waals surface area contributed by atoms with Crippen LogP contribution in [-0.4, -0.2) is 12.6 Å². The molecule has 1 atom stereocenters. The van der Waals surface area contributed by atoms with Gasteiger partial charge in [0.2, 0.25) is 0 Å². The van der Waals surface area contributed by atoms with Gasteiger partial charge in [0, 0.05) is 17.2 Å². The Morgan fingerprint density at radius 3 is 2.07 bits per heavy atom. The molecule has 0 radical (unpaired) electrons. The maximum atomic E-state index is 15.3. The van der Waals surface area contributed by atoms with E-state index < -0.39 is 47.4 Å². The molecule has 2 N–H and O–H groups in total. The Balaban J connectivity index is 2.64. The van der Waals surface area contributed by atoms with Crippen LogP contribution in [0.15, 0.2) is 18.2 Å². The molecule has 0 fully saturated rings. The molecule has 29 heavy (non-hydrogen) atoms. The number of aryl methyl sites for hydroxylation is 3. The van der Waals surface area contributed by atoms with E-state index in [-0.39, 0.29) is 34.4 Å². The van der Waals surface area contributed by atoms with E-state index >= 15 is 4.39 Å². The highest BCUT2D eigenvalue weighted by atomic mass is 19.4. The number of hydrogen-bond acceptors (Lipinski definition) is 3. The largest absolute Gasteiger partial charge is 0.466 e. The Morgan fingerprint density at radius 1 is 1.03 bits per heavy atom. The van der Waals surface area contributed by atoms with Gasteiger partial charge in [-0.1, -0.05) is 0 Å². The van der Waals surface area contributed by atoms with E-state index in [0.717, 1.165) is 12.1 Å². The molecule has 0 aliphatic rings. The summed E-state index contributed by atoms with van der Waals surface area (Å²) in [5, 5.41) is 0. The summed E-state index contributed by atoms with van der Waals surface area (Å²) in [6.45, 7) is 5.93. The molecule has 0 heterocycles. The Labute approximate surface area is 165 Å². The van der Waals surface area contributed by atoms with Crippen molar-refractivity contribution in [2.24, 2.45) is 5.73 Å².